The molecule has 1 aliphatic carbocycles. The third-order valence-electron chi connectivity index (χ3n) is 4.84. The number of nitrogens with zero attached hydrogens (tertiary/aromatic N) is 2. The van der Waals surface area contributed by atoms with Gasteiger partial charge in [-0.1, -0.05) is 0 Å². The third kappa shape index (κ3) is 5.94. The van der Waals surface area contributed by atoms with Gasteiger partial charge in [0, 0.05) is 37.8 Å². The highest BCUT2D eigenvalue weighted by Gasteiger charge is 2.34. The Bertz CT molecular complexity index is 953. The molecule has 0 atom stereocenters. The lowest BCUT2D eigenvalue weighted by Crippen LogP contribution is -2.53. The van der Waals surface area contributed by atoms with Gasteiger partial charge in [0.25, 0.3) is 5.91 Å². The molecule has 2 N–H and O–H groups in total. The van der Waals surface area contributed by atoms with Gasteiger partial charge < -0.3 is 15.5 Å². The Morgan fingerprint density at radius 3 is 2.10 bits per heavy atom. The Hall–Kier alpha value is -2.67. The molecule has 1 aromatic rings. The van der Waals surface area contributed by atoms with Crippen LogP contribution >= 0.6 is 0 Å². The monoisotopic (exact) mass is 462 g/mol. The summed E-state index contributed by atoms with van der Waals surface area (Å²) in [6, 6.07) is 4.56. The predicted molar refractivity (Wildman–Crippen MR) is 101 cm³/mol. The number of alkyl halides is 3. The number of hydrogen-bond donors (Lipinski definition) is 2. The summed E-state index contributed by atoms with van der Waals surface area (Å²) < 4.78 is 63.3. The zero-order chi connectivity index (χ0) is 22.8. The second-order valence-electron chi connectivity index (χ2n) is 7.27. The summed E-state index contributed by atoms with van der Waals surface area (Å²) >= 11 is 0. The molecular weight excluding hydrogens is 441 g/mol. The Balaban J connectivity index is 1.57. The standard InChI is InChI=1S/C18H21F3N4O5S/c19-18(20,21)11-22-15(26)12-1-5-14(6-2-12)31(29,30)25-9-7-24(8-10-25)17(28)16(27)23-13-3-4-13/h1-2,5-6,13H,3-4,7-11H2,(H,22,26)(H,23,27). The molecule has 1 heterocycles. The molecule has 2 aliphatic rings. The van der Waals surface area contributed by atoms with E-state index in [1.165, 1.54) is 4.90 Å². The first kappa shape index (κ1) is 23.0. The Kier molecular flexibility index (Phi) is 6.55. The topological polar surface area (TPSA) is 116 Å². The van der Waals surface area contributed by atoms with Crippen molar-refractivity contribution in [2.75, 3.05) is 32.7 Å². The van der Waals surface area contributed by atoms with E-state index in [4.69, 9.17) is 0 Å². The number of nitrogens with one attached hydrogen (secondary N) is 2. The maximum atomic E-state index is 12.8. The fraction of sp³-hybridized carbons (Fsp3) is 0.500. The molecule has 9 nitrogen and oxygen atoms in total. The van der Waals surface area contributed by atoms with E-state index in [1.54, 1.807) is 5.32 Å². The van der Waals surface area contributed by atoms with Crippen LogP contribution in [0.2, 0.25) is 0 Å². The summed E-state index contributed by atoms with van der Waals surface area (Å²) in [5.41, 5.74) is -0.111. The van der Waals surface area contributed by atoms with Crippen LogP contribution in [0.15, 0.2) is 29.2 Å². The number of sulfonamides is 1. The van der Waals surface area contributed by atoms with E-state index in [0.29, 0.717) is 0 Å². The molecule has 0 bridgehead atoms. The van der Waals surface area contributed by atoms with E-state index < -0.39 is 40.5 Å². The molecule has 3 amide bonds. The number of rotatable bonds is 5. The fourth-order valence-corrected chi connectivity index (χ4v) is 4.38. The Morgan fingerprint density at radius 2 is 1.58 bits per heavy atom. The lowest BCUT2D eigenvalue weighted by molar-refractivity contribution is -0.146. The quantitative estimate of drug-likeness (QED) is 0.602. The van der Waals surface area contributed by atoms with Gasteiger partial charge in [0.15, 0.2) is 0 Å². The molecule has 1 saturated carbocycles. The number of halogens is 3. The molecule has 2 fully saturated rings. The van der Waals surface area contributed by atoms with E-state index in [9.17, 15) is 36.0 Å². The number of piperazine rings is 1. The van der Waals surface area contributed by atoms with Gasteiger partial charge in [0.2, 0.25) is 10.0 Å². The van der Waals surface area contributed by atoms with Crippen molar-refractivity contribution in [3.8, 4) is 0 Å². The average Bonchev–Trinajstić information content (AvgIpc) is 3.55. The smallest absolute Gasteiger partial charge is 0.345 e. The molecule has 13 heteroatoms. The van der Waals surface area contributed by atoms with Gasteiger partial charge in [-0.25, -0.2) is 8.42 Å². The molecule has 3 rings (SSSR count). The van der Waals surface area contributed by atoms with Gasteiger partial charge in [-0.15, -0.1) is 0 Å². The van der Waals surface area contributed by atoms with E-state index in [2.05, 4.69) is 5.32 Å². The highest BCUT2D eigenvalue weighted by Crippen LogP contribution is 2.20. The maximum absolute atomic E-state index is 12.8. The van der Waals surface area contributed by atoms with Gasteiger partial charge in [0.1, 0.15) is 6.54 Å². The van der Waals surface area contributed by atoms with Crippen molar-refractivity contribution in [2.45, 2.75) is 30.0 Å². The number of hydrogen-bond acceptors (Lipinski definition) is 5. The molecule has 0 unspecified atom stereocenters. The minimum absolute atomic E-state index is 0.0153. The van der Waals surface area contributed by atoms with Crippen LogP contribution in [0, 0.1) is 0 Å². The number of carbonyl (C=O) groups is 3. The predicted octanol–water partition coefficient (Wildman–Crippen LogP) is 0.0902. The van der Waals surface area contributed by atoms with Crippen molar-refractivity contribution in [1.82, 2.24) is 19.8 Å². The molecular formula is C18H21F3N4O5S. The van der Waals surface area contributed by atoms with E-state index in [-0.39, 0.29) is 42.7 Å². The lowest BCUT2D eigenvalue weighted by atomic mass is 10.2. The Morgan fingerprint density at radius 1 is 1.00 bits per heavy atom. The maximum Gasteiger partial charge on any atom is 0.405 e. The summed E-state index contributed by atoms with van der Waals surface area (Å²) in [6.07, 6.45) is -2.87. The zero-order valence-electron chi connectivity index (χ0n) is 16.3. The van der Waals surface area contributed by atoms with Gasteiger partial charge in [-0.2, -0.15) is 17.5 Å². The number of benzene rings is 1. The second-order valence-corrected chi connectivity index (χ2v) is 9.20. The molecule has 170 valence electrons. The summed E-state index contributed by atoms with van der Waals surface area (Å²) in [5, 5.41) is 4.30. The first-order chi connectivity index (χ1) is 14.5. The molecule has 0 radical (unpaired) electrons. The van der Waals surface area contributed by atoms with Crippen molar-refractivity contribution < 1.29 is 36.0 Å². The summed E-state index contributed by atoms with van der Waals surface area (Å²) in [7, 11) is -3.94. The van der Waals surface area contributed by atoms with Crippen LogP contribution in [-0.2, 0) is 19.6 Å². The van der Waals surface area contributed by atoms with Crippen molar-refractivity contribution in [3.05, 3.63) is 29.8 Å². The molecule has 1 aliphatic heterocycles. The lowest BCUT2D eigenvalue weighted by Gasteiger charge is -2.33. The SMILES string of the molecule is O=C(NC1CC1)C(=O)N1CCN(S(=O)(=O)c2ccc(C(=O)NCC(F)(F)F)cc2)CC1. The van der Waals surface area contributed by atoms with Crippen LogP contribution in [0.4, 0.5) is 13.2 Å². The first-order valence-corrected chi connectivity index (χ1v) is 11.0. The van der Waals surface area contributed by atoms with Gasteiger partial charge in [-0.05, 0) is 37.1 Å². The van der Waals surface area contributed by atoms with Crippen LogP contribution in [0.25, 0.3) is 0 Å². The molecule has 1 aromatic carbocycles. The van der Waals surface area contributed by atoms with Crippen molar-refractivity contribution in [1.29, 1.82) is 0 Å². The average molecular weight is 462 g/mol. The van der Waals surface area contributed by atoms with Crippen molar-refractivity contribution in [3.63, 3.8) is 0 Å². The highest BCUT2D eigenvalue weighted by molar-refractivity contribution is 7.89. The van der Waals surface area contributed by atoms with Crippen molar-refractivity contribution >= 4 is 27.7 Å². The van der Waals surface area contributed by atoms with Crippen LogP contribution < -0.4 is 10.6 Å². The van der Waals surface area contributed by atoms with E-state index in [1.807, 2.05) is 0 Å². The van der Waals surface area contributed by atoms with E-state index >= 15 is 0 Å². The Labute approximate surface area is 176 Å². The van der Waals surface area contributed by atoms with Crippen LogP contribution in [-0.4, -0.2) is 80.3 Å². The summed E-state index contributed by atoms with van der Waals surface area (Å²) in [5.74, 6) is -2.37. The highest BCUT2D eigenvalue weighted by atomic mass is 32.2. The van der Waals surface area contributed by atoms with Crippen LogP contribution in [0.1, 0.15) is 23.2 Å². The molecule has 0 aromatic heterocycles. The normalized spacial score (nSPS) is 17.8. The van der Waals surface area contributed by atoms with Crippen LogP contribution in [0.5, 0.6) is 0 Å². The summed E-state index contributed by atoms with van der Waals surface area (Å²) in [4.78, 5) is 36.9. The van der Waals surface area contributed by atoms with E-state index in [0.717, 1.165) is 41.4 Å². The zero-order valence-corrected chi connectivity index (χ0v) is 17.1. The number of carbonyl (C=O) groups excluding carboxylic acids is 3. The molecule has 1 saturated heterocycles. The van der Waals surface area contributed by atoms with Crippen LogP contribution in [0.3, 0.4) is 0 Å². The van der Waals surface area contributed by atoms with Gasteiger partial charge in [-0.3, -0.25) is 14.4 Å². The van der Waals surface area contributed by atoms with Gasteiger partial charge in [0.05, 0.1) is 4.90 Å². The van der Waals surface area contributed by atoms with Gasteiger partial charge >= 0.3 is 18.0 Å². The second kappa shape index (κ2) is 8.83. The largest absolute Gasteiger partial charge is 0.405 e. The van der Waals surface area contributed by atoms with Crippen molar-refractivity contribution in [2.24, 2.45) is 0 Å². The summed E-state index contributed by atoms with van der Waals surface area (Å²) in [6.45, 7) is -1.42. The number of amides is 3. The molecule has 31 heavy (non-hydrogen) atoms. The fourth-order valence-electron chi connectivity index (χ4n) is 2.96. The minimum Gasteiger partial charge on any atom is -0.345 e. The molecule has 0 spiro atoms. The third-order valence-corrected chi connectivity index (χ3v) is 6.75. The first-order valence-electron chi connectivity index (χ1n) is 9.52. The minimum atomic E-state index is -4.55.